The summed E-state index contributed by atoms with van der Waals surface area (Å²) in [6.07, 6.45) is 0.00699. The summed E-state index contributed by atoms with van der Waals surface area (Å²) < 4.78 is 26.4. The molecule has 0 radical (unpaired) electrons. The summed E-state index contributed by atoms with van der Waals surface area (Å²) in [5.74, 6) is -2.45. The first-order valence-electron chi connectivity index (χ1n) is 4.61. The van der Waals surface area contributed by atoms with Crippen molar-refractivity contribution in [3.8, 4) is 0 Å². The number of benzene rings is 1. The van der Waals surface area contributed by atoms with Gasteiger partial charge in [0, 0.05) is 6.07 Å². The molecule has 0 amide bonds. The van der Waals surface area contributed by atoms with Crippen molar-refractivity contribution in [2.24, 2.45) is 5.41 Å². The molecule has 5 heteroatoms. The summed E-state index contributed by atoms with van der Waals surface area (Å²) in [5.41, 5.74) is -0.904. The molecule has 1 N–H and O–H groups in total. The van der Waals surface area contributed by atoms with Crippen LogP contribution in [0.15, 0.2) is 16.6 Å². The largest absolute Gasteiger partial charge is 0.481 e. The summed E-state index contributed by atoms with van der Waals surface area (Å²) in [6, 6.07) is 2.02. The topological polar surface area (TPSA) is 37.3 Å². The number of aliphatic carboxylic acids is 1. The van der Waals surface area contributed by atoms with Crippen molar-refractivity contribution in [2.45, 2.75) is 20.3 Å². The Balaban J connectivity index is 3.07. The highest BCUT2D eigenvalue weighted by Gasteiger charge is 2.28. The van der Waals surface area contributed by atoms with Gasteiger partial charge in [0.05, 0.1) is 9.89 Å². The Labute approximate surface area is 100 Å². The quantitative estimate of drug-likeness (QED) is 0.867. The number of halogens is 3. The van der Waals surface area contributed by atoms with Crippen LogP contribution < -0.4 is 0 Å². The zero-order valence-electron chi connectivity index (χ0n) is 8.85. The van der Waals surface area contributed by atoms with Crippen molar-refractivity contribution in [3.05, 3.63) is 33.8 Å². The molecule has 0 saturated heterocycles. The van der Waals surface area contributed by atoms with Gasteiger partial charge in [-0.25, -0.2) is 8.78 Å². The Kier molecular flexibility index (Phi) is 3.68. The maximum atomic E-state index is 13.4. The fourth-order valence-electron chi connectivity index (χ4n) is 1.25. The monoisotopic (exact) mass is 292 g/mol. The van der Waals surface area contributed by atoms with Crippen LogP contribution in [0.3, 0.4) is 0 Å². The van der Waals surface area contributed by atoms with E-state index in [1.54, 1.807) is 0 Å². The molecule has 0 aliphatic carbocycles. The number of carboxylic acids is 1. The smallest absolute Gasteiger partial charge is 0.309 e. The minimum Gasteiger partial charge on any atom is -0.481 e. The van der Waals surface area contributed by atoms with Crippen molar-refractivity contribution >= 4 is 21.9 Å². The van der Waals surface area contributed by atoms with Gasteiger partial charge in [0.1, 0.15) is 11.6 Å². The maximum absolute atomic E-state index is 13.4. The molecular weight excluding hydrogens is 282 g/mol. The Morgan fingerprint density at radius 1 is 1.38 bits per heavy atom. The van der Waals surface area contributed by atoms with E-state index in [2.05, 4.69) is 15.9 Å². The second-order valence-electron chi connectivity index (χ2n) is 4.22. The van der Waals surface area contributed by atoms with E-state index >= 15 is 0 Å². The zero-order chi connectivity index (χ0) is 12.5. The molecule has 1 aromatic rings. The standard InChI is InChI=1S/C11H11BrF2O2/c1-11(2,10(15)16)5-6-3-7(12)9(14)4-8(6)13/h3-4H,5H2,1-2H3,(H,15,16). The van der Waals surface area contributed by atoms with Crippen LogP contribution in [0.4, 0.5) is 8.78 Å². The van der Waals surface area contributed by atoms with Gasteiger partial charge in [-0.2, -0.15) is 0 Å². The first-order chi connectivity index (χ1) is 7.24. The van der Waals surface area contributed by atoms with Crippen LogP contribution in [0.5, 0.6) is 0 Å². The minimum absolute atomic E-state index is 0.00699. The number of carboxylic acid groups (broad SMARTS) is 1. The molecule has 0 heterocycles. The molecule has 88 valence electrons. The van der Waals surface area contributed by atoms with Gasteiger partial charge >= 0.3 is 5.97 Å². The van der Waals surface area contributed by atoms with Crippen LogP contribution in [0.2, 0.25) is 0 Å². The highest BCUT2D eigenvalue weighted by Crippen LogP contribution is 2.27. The molecule has 0 fully saturated rings. The molecule has 0 bridgehead atoms. The predicted molar refractivity (Wildman–Crippen MR) is 59.2 cm³/mol. The molecule has 1 rings (SSSR count). The van der Waals surface area contributed by atoms with E-state index in [4.69, 9.17) is 5.11 Å². The lowest BCUT2D eigenvalue weighted by Gasteiger charge is -2.19. The Morgan fingerprint density at radius 3 is 2.44 bits per heavy atom. The third kappa shape index (κ3) is 2.78. The highest BCUT2D eigenvalue weighted by molar-refractivity contribution is 9.10. The Morgan fingerprint density at radius 2 is 1.94 bits per heavy atom. The van der Waals surface area contributed by atoms with Crippen molar-refractivity contribution in [1.82, 2.24) is 0 Å². The number of hydrogen-bond donors (Lipinski definition) is 1. The van der Waals surface area contributed by atoms with Gasteiger partial charge in [0.15, 0.2) is 0 Å². The number of carbonyl (C=O) groups is 1. The third-order valence-electron chi connectivity index (χ3n) is 2.30. The average Bonchev–Trinajstić information content (AvgIpc) is 2.13. The lowest BCUT2D eigenvalue weighted by molar-refractivity contribution is -0.146. The lowest BCUT2D eigenvalue weighted by atomic mass is 9.86. The molecule has 0 spiro atoms. The average molecular weight is 293 g/mol. The van der Waals surface area contributed by atoms with Gasteiger partial charge in [0.2, 0.25) is 0 Å². The summed E-state index contributed by atoms with van der Waals surface area (Å²) in [4.78, 5) is 10.9. The normalized spacial score (nSPS) is 11.6. The number of hydrogen-bond acceptors (Lipinski definition) is 1. The van der Waals surface area contributed by atoms with Gasteiger partial charge in [-0.3, -0.25) is 4.79 Å². The van der Waals surface area contributed by atoms with E-state index in [-0.39, 0.29) is 16.5 Å². The van der Waals surface area contributed by atoms with Crippen LogP contribution in [0.1, 0.15) is 19.4 Å². The van der Waals surface area contributed by atoms with Gasteiger partial charge in [-0.1, -0.05) is 0 Å². The third-order valence-corrected chi connectivity index (χ3v) is 2.91. The van der Waals surface area contributed by atoms with Gasteiger partial charge in [-0.15, -0.1) is 0 Å². The van der Waals surface area contributed by atoms with E-state index in [1.807, 2.05) is 0 Å². The molecule has 0 aromatic heterocycles. The zero-order valence-corrected chi connectivity index (χ0v) is 10.4. The predicted octanol–water partition coefficient (Wildman–Crippen LogP) is 3.38. The molecule has 0 atom stereocenters. The van der Waals surface area contributed by atoms with E-state index in [0.717, 1.165) is 6.07 Å². The molecule has 0 aliphatic rings. The molecule has 0 saturated carbocycles. The molecule has 16 heavy (non-hydrogen) atoms. The SMILES string of the molecule is CC(C)(Cc1cc(Br)c(F)cc1F)C(=O)O. The van der Waals surface area contributed by atoms with E-state index in [1.165, 1.54) is 19.9 Å². The van der Waals surface area contributed by atoms with Crippen LogP contribution in [0, 0.1) is 17.0 Å². The van der Waals surface area contributed by atoms with Crippen molar-refractivity contribution < 1.29 is 18.7 Å². The lowest BCUT2D eigenvalue weighted by Crippen LogP contribution is -2.26. The van der Waals surface area contributed by atoms with E-state index < -0.39 is 23.0 Å². The summed E-state index contributed by atoms with van der Waals surface area (Å²) in [6.45, 7) is 2.98. The number of rotatable bonds is 3. The first-order valence-corrected chi connectivity index (χ1v) is 5.40. The fourth-order valence-corrected chi connectivity index (χ4v) is 1.64. The summed E-state index contributed by atoms with van der Waals surface area (Å²) >= 11 is 2.94. The second-order valence-corrected chi connectivity index (χ2v) is 5.08. The van der Waals surface area contributed by atoms with E-state index in [0.29, 0.717) is 0 Å². The molecule has 0 aliphatic heterocycles. The van der Waals surface area contributed by atoms with Gasteiger partial charge < -0.3 is 5.11 Å². The minimum atomic E-state index is -1.09. The highest BCUT2D eigenvalue weighted by atomic mass is 79.9. The molecule has 1 aromatic carbocycles. The van der Waals surface area contributed by atoms with Crippen LogP contribution >= 0.6 is 15.9 Å². The van der Waals surface area contributed by atoms with Gasteiger partial charge in [-0.05, 0) is 47.8 Å². The van der Waals surface area contributed by atoms with Crippen LogP contribution in [-0.4, -0.2) is 11.1 Å². The maximum Gasteiger partial charge on any atom is 0.309 e. The van der Waals surface area contributed by atoms with E-state index in [9.17, 15) is 13.6 Å². The van der Waals surface area contributed by atoms with Crippen molar-refractivity contribution in [2.75, 3.05) is 0 Å². The van der Waals surface area contributed by atoms with Crippen molar-refractivity contribution in [1.29, 1.82) is 0 Å². The summed E-state index contributed by atoms with van der Waals surface area (Å²) in [5, 5.41) is 8.91. The molecule has 0 unspecified atom stereocenters. The second kappa shape index (κ2) is 4.49. The van der Waals surface area contributed by atoms with Crippen LogP contribution in [-0.2, 0) is 11.2 Å². The summed E-state index contributed by atoms with van der Waals surface area (Å²) in [7, 11) is 0. The van der Waals surface area contributed by atoms with Gasteiger partial charge in [0.25, 0.3) is 0 Å². The Bertz CT molecular complexity index is 430. The first kappa shape index (κ1) is 13.1. The van der Waals surface area contributed by atoms with Crippen LogP contribution in [0.25, 0.3) is 0 Å². The molecular formula is C11H11BrF2O2. The van der Waals surface area contributed by atoms with Crippen molar-refractivity contribution in [3.63, 3.8) is 0 Å². The molecule has 2 nitrogen and oxygen atoms in total. The fraction of sp³-hybridized carbons (Fsp3) is 0.364. The Hall–Kier alpha value is -0.970.